The van der Waals surface area contributed by atoms with Gasteiger partial charge in [-0.15, -0.1) is 0 Å². The van der Waals surface area contributed by atoms with Crippen molar-refractivity contribution in [3.05, 3.63) is 64.1 Å². The second-order valence-corrected chi connectivity index (χ2v) is 8.41. The predicted molar refractivity (Wildman–Crippen MR) is 115 cm³/mol. The molecule has 6 nitrogen and oxygen atoms in total. The van der Waals surface area contributed by atoms with Gasteiger partial charge >= 0.3 is 5.97 Å². The number of pyridine rings is 1. The fourth-order valence-corrected chi connectivity index (χ4v) is 5.17. The Bertz CT molecular complexity index is 954. The summed E-state index contributed by atoms with van der Waals surface area (Å²) in [6.07, 6.45) is 3.16. The van der Waals surface area contributed by atoms with Crippen molar-refractivity contribution in [2.45, 2.75) is 37.6 Å². The molecule has 0 N–H and O–H groups in total. The van der Waals surface area contributed by atoms with Crippen LogP contribution in [0.3, 0.4) is 0 Å². The van der Waals surface area contributed by atoms with E-state index in [1.54, 1.807) is 13.2 Å². The molecule has 1 saturated heterocycles. The van der Waals surface area contributed by atoms with Crippen LogP contribution in [-0.4, -0.2) is 49.3 Å². The molecule has 0 saturated carbocycles. The Kier molecular flexibility index (Phi) is 6.23. The van der Waals surface area contributed by atoms with Crippen LogP contribution in [0.25, 0.3) is 0 Å². The highest BCUT2D eigenvalue weighted by Crippen LogP contribution is 2.42. The van der Waals surface area contributed by atoms with E-state index in [4.69, 9.17) is 9.47 Å². The summed E-state index contributed by atoms with van der Waals surface area (Å²) in [4.78, 5) is 26.8. The summed E-state index contributed by atoms with van der Waals surface area (Å²) in [5, 5.41) is 0. The summed E-state index contributed by atoms with van der Waals surface area (Å²) in [7, 11) is 3.11. The molecule has 6 heteroatoms. The number of benzene rings is 1. The summed E-state index contributed by atoms with van der Waals surface area (Å²) in [6, 6.07) is 13.9. The van der Waals surface area contributed by atoms with Crippen LogP contribution in [0, 0.1) is 5.92 Å². The number of methoxy groups -OCH3 is 2. The predicted octanol–water partition coefficient (Wildman–Crippen LogP) is 3.01. The number of carbonyl (C=O) groups excluding carboxylic acids is 1. The number of hydrogen-bond donors (Lipinski definition) is 0. The van der Waals surface area contributed by atoms with Gasteiger partial charge in [0.05, 0.1) is 14.2 Å². The van der Waals surface area contributed by atoms with Crippen molar-refractivity contribution >= 4 is 5.97 Å². The van der Waals surface area contributed by atoms with E-state index >= 15 is 0 Å². The molecule has 4 rings (SSSR count). The monoisotopic (exact) mass is 410 g/mol. The molecule has 0 aliphatic carbocycles. The Labute approximate surface area is 177 Å². The second-order valence-electron chi connectivity index (χ2n) is 8.41. The zero-order valence-electron chi connectivity index (χ0n) is 17.8. The number of piperidine rings is 1. The summed E-state index contributed by atoms with van der Waals surface area (Å²) in [6.45, 7) is 2.77. The van der Waals surface area contributed by atoms with Crippen LogP contribution in [0.2, 0.25) is 0 Å². The van der Waals surface area contributed by atoms with Crippen LogP contribution in [0.15, 0.2) is 47.3 Å². The van der Waals surface area contributed by atoms with Crippen molar-refractivity contribution in [3.8, 4) is 5.75 Å². The first-order valence-corrected chi connectivity index (χ1v) is 10.7. The van der Waals surface area contributed by atoms with Gasteiger partial charge in [0.15, 0.2) is 0 Å². The average molecular weight is 411 g/mol. The Hall–Kier alpha value is -2.60. The minimum absolute atomic E-state index is 0.0919. The Morgan fingerprint density at radius 2 is 1.97 bits per heavy atom. The quantitative estimate of drug-likeness (QED) is 0.657. The highest BCUT2D eigenvalue weighted by atomic mass is 16.5. The number of aromatic nitrogens is 1. The molecule has 1 aromatic carbocycles. The van der Waals surface area contributed by atoms with E-state index in [-0.39, 0.29) is 17.6 Å². The Morgan fingerprint density at radius 1 is 1.13 bits per heavy atom. The van der Waals surface area contributed by atoms with Gasteiger partial charge in [-0.05, 0) is 55.5 Å². The largest absolute Gasteiger partial charge is 0.497 e. The third kappa shape index (κ3) is 4.29. The van der Waals surface area contributed by atoms with E-state index in [1.807, 2.05) is 22.8 Å². The molecule has 3 atom stereocenters. The molecule has 160 valence electrons. The van der Waals surface area contributed by atoms with Gasteiger partial charge in [0.1, 0.15) is 5.75 Å². The number of likely N-dealkylation sites (tertiary alicyclic amines) is 1. The van der Waals surface area contributed by atoms with Gasteiger partial charge < -0.3 is 18.9 Å². The van der Waals surface area contributed by atoms with Crippen molar-refractivity contribution in [1.29, 1.82) is 0 Å². The fourth-order valence-electron chi connectivity index (χ4n) is 5.17. The summed E-state index contributed by atoms with van der Waals surface area (Å²) < 4.78 is 12.2. The normalized spacial score (nSPS) is 22.9. The van der Waals surface area contributed by atoms with E-state index in [0.717, 1.165) is 50.3 Å². The lowest BCUT2D eigenvalue weighted by Gasteiger charge is -2.47. The first-order valence-electron chi connectivity index (χ1n) is 10.7. The van der Waals surface area contributed by atoms with E-state index in [1.165, 1.54) is 12.7 Å². The van der Waals surface area contributed by atoms with Crippen molar-refractivity contribution in [2.24, 2.45) is 5.92 Å². The third-order valence-electron chi connectivity index (χ3n) is 6.54. The van der Waals surface area contributed by atoms with Gasteiger partial charge in [0.25, 0.3) is 5.56 Å². The number of esters is 1. The summed E-state index contributed by atoms with van der Waals surface area (Å²) in [5.74, 6) is 1.45. The summed E-state index contributed by atoms with van der Waals surface area (Å²) >= 11 is 0. The maximum atomic E-state index is 12.9. The van der Waals surface area contributed by atoms with Gasteiger partial charge in [0.2, 0.25) is 0 Å². The first-order chi connectivity index (χ1) is 14.6. The molecule has 30 heavy (non-hydrogen) atoms. The van der Waals surface area contributed by atoms with Gasteiger partial charge in [-0.2, -0.15) is 0 Å². The molecular formula is C24H30N2O4. The van der Waals surface area contributed by atoms with E-state index in [9.17, 15) is 9.59 Å². The molecule has 1 fully saturated rings. The van der Waals surface area contributed by atoms with Crippen molar-refractivity contribution in [2.75, 3.05) is 33.9 Å². The average Bonchev–Trinajstić information content (AvgIpc) is 2.76. The molecule has 0 spiro atoms. The standard InChI is InChI=1S/C24H30N2O4/c1-29-20-7-3-6-17(12-20)13-22-19-14-18(21-8-4-9-23(27)26(21)22)15-25(16-19)11-5-10-24(28)30-2/h3-4,6-9,12,18-19,22H,5,10-11,13-16H2,1-2H3/t18-,19+,22+/m1/s1. The van der Waals surface area contributed by atoms with Crippen LogP contribution in [0.1, 0.15) is 42.5 Å². The molecule has 2 aliphatic heterocycles. The minimum atomic E-state index is -0.153. The van der Waals surface area contributed by atoms with Crippen molar-refractivity contribution < 1.29 is 14.3 Å². The van der Waals surface area contributed by atoms with Gasteiger partial charge in [0, 0.05) is 43.2 Å². The number of nitrogens with zero attached hydrogens (tertiary/aromatic N) is 2. The lowest BCUT2D eigenvalue weighted by atomic mass is 9.76. The highest BCUT2D eigenvalue weighted by molar-refractivity contribution is 5.69. The van der Waals surface area contributed by atoms with Crippen LogP contribution in [-0.2, 0) is 16.0 Å². The van der Waals surface area contributed by atoms with Gasteiger partial charge in [-0.25, -0.2) is 0 Å². The fraction of sp³-hybridized carbons (Fsp3) is 0.500. The number of rotatable bonds is 7. The number of fused-ring (bicyclic) bond motifs is 4. The topological polar surface area (TPSA) is 60.8 Å². The van der Waals surface area contributed by atoms with Gasteiger partial charge in [-0.3, -0.25) is 9.59 Å². The van der Waals surface area contributed by atoms with Crippen molar-refractivity contribution in [1.82, 2.24) is 9.47 Å². The lowest BCUT2D eigenvalue weighted by molar-refractivity contribution is -0.140. The maximum absolute atomic E-state index is 12.9. The highest BCUT2D eigenvalue weighted by Gasteiger charge is 2.40. The van der Waals surface area contributed by atoms with E-state index in [2.05, 4.69) is 23.1 Å². The second kappa shape index (κ2) is 9.04. The molecule has 0 unspecified atom stereocenters. The lowest BCUT2D eigenvalue weighted by Crippen LogP contribution is -2.50. The van der Waals surface area contributed by atoms with Crippen LogP contribution < -0.4 is 10.3 Å². The van der Waals surface area contributed by atoms with Crippen LogP contribution in [0.4, 0.5) is 0 Å². The molecule has 3 heterocycles. The van der Waals surface area contributed by atoms with E-state index < -0.39 is 0 Å². The molecule has 2 bridgehead atoms. The molecule has 0 radical (unpaired) electrons. The Balaban J connectivity index is 1.58. The molecular weight excluding hydrogens is 380 g/mol. The molecule has 0 amide bonds. The molecule has 2 aliphatic rings. The van der Waals surface area contributed by atoms with Crippen molar-refractivity contribution in [3.63, 3.8) is 0 Å². The number of hydrogen-bond acceptors (Lipinski definition) is 5. The zero-order valence-corrected chi connectivity index (χ0v) is 17.8. The molecule has 2 aromatic rings. The maximum Gasteiger partial charge on any atom is 0.305 e. The van der Waals surface area contributed by atoms with E-state index in [0.29, 0.717) is 18.3 Å². The minimum Gasteiger partial charge on any atom is -0.497 e. The first kappa shape index (κ1) is 20.7. The SMILES string of the molecule is COC(=O)CCCN1C[C@H]2C[C@@H](C1)[C@H](Cc1cccc(OC)c1)n1c2cccc1=O. The number of carbonyl (C=O) groups is 1. The summed E-state index contributed by atoms with van der Waals surface area (Å²) in [5.41, 5.74) is 2.42. The van der Waals surface area contributed by atoms with Gasteiger partial charge in [-0.1, -0.05) is 18.2 Å². The third-order valence-corrected chi connectivity index (χ3v) is 6.54. The zero-order chi connectivity index (χ0) is 21.1. The van der Waals surface area contributed by atoms with Crippen LogP contribution >= 0.6 is 0 Å². The smallest absolute Gasteiger partial charge is 0.305 e. The Morgan fingerprint density at radius 3 is 2.77 bits per heavy atom. The molecule has 1 aromatic heterocycles. The van der Waals surface area contributed by atoms with Crippen LogP contribution in [0.5, 0.6) is 5.75 Å². The number of ether oxygens (including phenoxy) is 2.